The fourth-order valence-corrected chi connectivity index (χ4v) is 1.63. The molecule has 0 radical (unpaired) electrons. The van der Waals surface area contributed by atoms with Crippen LogP contribution in [0.25, 0.3) is 0 Å². The third-order valence-electron chi connectivity index (χ3n) is 2.52. The highest BCUT2D eigenvalue weighted by atomic mass is 16.5. The van der Waals surface area contributed by atoms with Crippen LogP contribution in [0.15, 0.2) is 24.3 Å². The zero-order chi connectivity index (χ0) is 11.8. The standard InChI is InChI=1S/C13H19NO2/c1-16-12-8-5-7-11(10-12)6-3-2-4-9-13(14)15/h5,7-8,10H,2-4,6,9H2,1H3,(H2,14,15). The number of hydrogen-bond acceptors (Lipinski definition) is 2. The summed E-state index contributed by atoms with van der Waals surface area (Å²) in [6, 6.07) is 8.08. The van der Waals surface area contributed by atoms with E-state index in [-0.39, 0.29) is 5.91 Å². The smallest absolute Gasteiger partial charge is 0.217 e. The Hall–Kier alpha value is -1.51. The lowest BCUT2D eigenvalue weighted by atomic mass is 10.1. The summed E-state index contributed by atoms with van der Waals surface area (Å²) in [5.74, 6) is 0.691. The van der Waals surface area contributed by atoms with E-state index < -0.39 is 0 Å². The molecule has 0 saturated carbocycles. The Balaban J connectivity index is 2.23. The maximum Gasteiger partial charge on any atom is 0.217 e. The van der Waals surface area contributed by atoms with Crippen molar-refractivity contribution in [2.75, 3.05) is 7.11 Å². The summed E-state index contributed by atoms with van der Waals surface area (Å²) in [6.07, 6.45) is 4.54. The molecule has 0 spiro atoms. The van der Waals surface area contributed by atoms with Crippen LogP contribution in [0.4, 0.5) is 0 Å². The number of primary amides is 1. The summed E-state index contributed by atoms with van der Waals surface area (Å²) in [7, 11) is 1.67. The van der Waals surface area contributed by atoms with Gasteiger partial charge in [-0.1, -0.05) is 18.6 Å². The molecule has 3 heteroatoms. The van der Waals surface area contributed by atoms with Gasteiger partial charge in [-0.25, -0.2) is 0 Å². The molecule has 16 heavy (non-hydrogen) atoms. The Morgan fingerprint density at radius 3 is 2.81 bits per heavy atom. The van der Waals surface area contributed by atoms with E-state index in [1.54, 1.807) is 7.11 Å². The maximum absolute atomic E-state index is 10.5. The minimum absolute atomic E-state index is 0.207. The van der Waals surface area contributed by atoms with E-state index >= 15 is 0 Å². The minimum Gasteiger partial charge on any atom is -0.497 e. The topological polar surface area (TPSA) is 52.3 Å². The molecule has 1 rings (SSSR count). The molecule has 0 bridgehead atoms. The van der Waals surface area contributed by atoms with E-state index in [2.05, 4.69) is 6.07 Å². The lowest BCUT2D eigenvalue weighted by Crippen LogP contribution is -2.09. The van der Waals surface area contributed by atoms with Crippen molar-refractivity contribution >= 4 is 5.91 Å². The highest BCUT2D eigenvalue weighted by molar-refractivity contribution is 5.73. The van der Waals surface area contributed by atoms with Gasteiger partial charge in [0.1, 0.15) is 5.75 Å². The molecule has 0 atom stereocenters. The second-order valence-corrected chi connectivity index (χ2v) is 3.88. The zero-order valence-corrected chi connectivity index (χ0v) is 9.74. The summed E-state index contributed by atoms with van der Waals surface area (Å²) in [5, 5.41) is 0. The van der Waals surface area contributed by atoms with Crippen LogP contribution in [0.1, 0.15) is 31.2 Å². The summed E-state index contributed by atoms with van der Waals surface area (Å²) in [6.45, 7) is 0. The van der Waals surface area contributed by atoms with Crippen LogP contribution >= 0.6 is 0 Å². The van der Waals surface area contributed by atoms with E-state index in [1.165, 1.54) is 5.56 Å². The zero-order valence-electron chi connectivity index (χ0n) is 9.74. The van der Waals surface area contributed by atoms with Gasteiger partial charge in [-0.05, 0) is 37.0 Å². The maximum atomic E-state index is 10.5. The Labute approximate surface area is 96.6 Å². The van der Waals surface area contributed by atoms with Crippen molar-refractivity contribution in [1.82, 2.24) is 0 Å². The fourth-order valence-electron chi connectivity index (χ4n) is 1.63. The average Bonchev–Trinajstić information content (AvgIpc) is 2.28. The van der Waals surface area contributed by atoms with Crippen LogP contribution in [0.2, 0.25) is 0 Å². The molecule has 2 N–H and O–H groups in total. The van der Waals surface area contributed by atoms with Crippen molar-refractivity contribution in [2.24, 2.45) is 5.73 Å². The van der Waals surface area contributed by atoms with Crippen LogP contribution in [0.3, 0.4) is 0 Å². The number of ether oxygens (including phenoxy) is 1. The number of carbonyl (C=O) groups excluding carboxylic acids is 1. The van der Waals surface area contributed by atoms with Gasteiger partial charge in [0.15, 0.2) is 0 Å². The van der Waals surface area contributed by atoms with E-state index in [1.807, 2.05) is 18.2 Å². The molecule has 0 aromatic heterocycles. The Morgan fingerprint density at radius 2 is 2.12 bits per heavy atom. The van der Waals surface area contributed by atoms with Crippen LogP contribution in [-0.4, -0.2) is 13.0 Å². The molecule has 0 aliphatic carbocycles. The summed E-state index contributed by atoms with van der Waals surface area (Å²) >= 11 is 0. The van der Waals surface area contributed by atoms with E-state index in [4.69, 9.17) is 10.5 Å². The largest absolute Gasteiger partial charge is 0.497 e. The summed E-state index contributed by atoms with van der Waals surface area (Å²) < 4.78 is 5.15. The molecule has 1 aromatic carbocycles. The molecule has 0 heterocycles. The molecule has 1 amide bonds. The Kier molecular flexibility index (Phi) is 5.40. The normalized spacial score (nSPS) is 10.1. The molecule has 0 saturated heterocycles. The van der Waals surface area contributed by atoms with Gasteiger partial charge in [0, 0.05) is 6.42 Å². The molecular weight excluding hydrogens is 202 g/mol. The lowest BCUT2D eigenvalue weighted by molar-refractivity contribution is -0.118. The predicted molar refractivity (Wildman–Crippen MR) is 64.4 cm³/mol. The Morgan fingerprint density at radius 1 is 1.31 bits per heavy atom. The highest BCUT2D eigenvalue weighted by Gasteiger charge is 1.97. The average molecular weight is 221 g/mol. The molecule has 0 fully saturated rings. The molecule has 88 valence electrons. The third kappa shape index (κ3) is 4.82. The number of hydrogen-bond donors (Lipinski definition) is 1. The molecule has 0 aliphatic rings. The Bertz CT molecular complexity index is 336. The first-order chi connectivity index (χ1) is 7.72. The number of benzene rings is 1. The van der Waals surface area contributed by atoms with Crippen LogP contribution < -0.4 is 10.5 Å². The fraction of sp³-hybridized carbons (Fsp3) is 0.462. The lowest BCUT2D eigenvalue weighted by Gasteiger charge is -2.04. The van der Waals surface area contributed by atoms with Gasteiger partial charge in [-0.15, -0.1) is 0 Å². The van der Waals surface area contributed by atoms with Gasteiger partial charge in [0.2, 0.25) is 5.91 Å². The van der Waals surface area contributed by atoms with Crippen molar-refractivity contribution in [3.05, 3.63) is 29.8 Å². The molecule has 0 unspecified atom stereocenters. The van der Waals surface area contributed by atoms with E-state index in [0.717, 1.165) is 31.4 Å². The first kappa shape index (κ1) is 12.6. The first-order valence-corrected chi connectivity index (χ1v) is 5.63. The quantitative estimate of drug-likeness (QED) is 0.718. The van der Waals surface area contributed by atoms with E-state index in [9.17, 15) is 4.79 Å². The monoisotopic (exact) mass is 221 g/mol. The number of unbranched alkanes of at least 4 members (excludes halogenated alkanes) is 2. The minimum atomic E-state index is -0.207. The first-order valence-electron chi connectivity index (χ1n) is 5.63. The van der Waals surface area contributed by atoms with Gasteiger partial charge >= 0.3 is 0 Å². The highest BCUT2D eigenvalue weighted by Crippen LogP contribution is 2.15. The van der Waals surface area contributed by atoms with Crippen molar-refractivity contribution in [3.63, 3.8) is 0 Å². The van der Waals surface area contributed by atoms with Crippen LogP contribution in [0.5, 0.6) is 5.75 Å². The van der Waals surface area contributed by atoms with Gasteiger partial charge in [-0.2, -0.15) is 0 Å². The third-order valence-corrected chi connectivity index (χ3v) is 2.52. The predicted octanol–water partition coefficient (Wildman–Crippen LogP) is 2.28. The number of amides is 1. The number of carbonyl (C=O) groups is 1. The number of nitrogens with two attached hydrogens (primary N) is 1. The van der Waals surface area contributed by atoms with Gasteiger partial charge in [0.25, 0.3) is 0 Å². The van der Waals surface area contributed by atoms with Crippen molar-refractivity contribution in [1.29, 1.82) is 0 Å². The molecular formula is C13H19NO2. The van der Waals surface area contributed by atoms with Gasteiger partial charge < -0.3 is 10.5 Å². The number of rotatable bonds is 7. The number of methoxy groups -OCH3 is 1. The molecule has 0 aliphatic heterocycles. The summed E-state index contributed by atoms with van der Waals surface area (Å²) in [4.78, 5) is 10.5. The van der Waals surface area contributed by atoms with Crippen molar-refractivity contribution in [3.8, 4) is 5.75 Å². The van der Waals surface area contributed by atoms with Gasteiger partial charge in [0.05, 0.1) is 7.11 Å². The molecule has 3 nitrogen and oxygen atoms in total. The SMILES string of the molecule is COc1cccc(CCCCCC(N)=O)c1. The van der Waals surface area contributed by atoms with Crippen LogP contribution in [0, 0.1) is 0 Å². The number of aryl methyl sites for hydroxylation is 1. The van der Waals surface area contributed by atoms with Crippen LogP contribution in [-0.2, 0) is 11.2 Å². The van der Waals surface area contributed by atoms with Crippen molar-refractivity contribution in [2.45, 2.75) is 32.1 Å². The second-order valence-electron chi connectivity index (χ2n) is 3.88. The summed E-state index contributed by atoms with van der Waals surface area (Å²) in [5.41, 5.74) is 6.34. The van der Waals surface area contributed by atoms with E-state index in [0.29, 0.717) is 6.42 Å². The molecule has 1 aromatic rings. The van der Waals surface area contributed by atoms with Crippen molar-refractivity contribution < 1.29 is 9.53 Å². The second kappa shape index (κ2) is 6.88. The van der Waals surface area contributed by atoms with Gasteiger partial charge in [-0.3, -0.25) is 4.79 Å².